The van der Waals surface area contributed by atoms with Gasteiger partial charge in [0.05, 0.1) is 4.90 Å². The fraction of sp³-hybridized carbons (Fsp3) is 0.538. The van der Waals surface area contributed by atoms with Gasteiger partial charge in [0.15, 0.2) is 0 Å². The van der Waals surface area contributed by atoms with E-state index in [0.29, 0.717) is 4.90 Å². The molecule has 1 aliphatic rings. The first kappa shape index (κ1) is 13.5. The summed E-state index contributed by atoms with van der Waals surface area (Å²) in [5.74, 6) is 0. The predicted molar refractivity (Wildman–Crippen MR) is 71.6 cm³/mol. The summed E-state index contributed by atoms with van der Waals surface area (Å²) in [5, 5.41) is 0. The molecular formula is C13H20N2O2S. The van der Waals surface area contributed by atoms with Crippen molar-refractivity contribution >= 4 is 10.0 Å². The molecule has 4 nitrogen and oxygen atoms in total. The average Bonchev–Trinajstić information content (AvgIpc) is 2.40. The van der Waals surface area contributed by atoms with Gasteiger partial charge in [0.25, 0.3) is 0 Å². The van der Waals surface area contributed by atoms with Crippen LogP contribution >= 0.6 is 0 Å². The number of sulfonamides is 1. The normalized spacial score (nSPS) is 25.3. The highest BCUT2D eigenvalue weighted by molar-refractivity contribution is 7.89. The smallest absolute Gasteiger partial charge is 0.243 e. The van der Waals surface area contributed by atoms with E-state index in [1.165, 1.54) is 4.31 Å². The van der Waals surface area contributed by atoms with Crippen LogP contribution < -0.4 is 5.73 Å². The number of rotatable bonds is 3. The van der Waals surface area contributed by atoms with Gasteiger partial charge in [-0.1, -0.05) is 18.2 Å². The quantitative estimate of drug-likeness (QED) is 0.905. The van der Waals surface area contributed by atoms with Gasteiger partial charge in [-0.15, -0.1) is 0 Å². The fourth-order valence-electron chi connectivity index (χ4n) is 2.42. The van der Waals surface area contributed by atoms with Crippen molar-refractivity contribution < 1.29 is 8.42 Å². The van der Waals surface area contributed by atoms with Gasteiger partial charge in [0.2, 0.25) is 10.0 Å². The topological polar surface area (TPSA) is 63.4 Å². The van der Waals surface area contributed by atoms with Gasteiger partial charge in [0.1, 0.15) is 0 Å². The van der Waals surface area contributed by atoms with Crippen LogP contribution in [0, 0.1) is 0 Å². The van der Waals surface area contributed by atoms with E-state index in [1.54, 1.807) is 31.3 Å². The van der Waals surface area contributed by atoms with Gasteiger partial charge in [-0.2, -0.15) is 4.31 Å². The molecule has 0 aliphatic heterocycles. The van der Waals surface area contributed by atoms with Crippen LogP contribution in [0.5, 0.6) is 0 Å². The lowest BCUT2D eigenvalue weighted by molar-refractivity contribution is 0.268. The van der Waals surface area contributed by atoms with Crippen molar-refractivity contribution in [2.45, 2.75) is 42.7 Å². The van der Waals surface area contributed by atoms with Crippen molar-refractivity contribution in [1.29, 1.82) is 0 Å². The number of hydrogen-bond donors (Lipinski definition) is 1. The Balaban J connectivity index is 2.15. The molecule has 0 aromatic heterocycles. The number of hydrogen-bond acceptors (Lipinski definition) is 3. The van der Waals surface area contributed by atoms with Crippen molar-refractivity contribution in [2.75, 3.05) is 7.05 Å². The maximum absolute atomic E-state index is 12.4. The van der Waals surface area contributed by atoms with Crippen molar-refractivity contribution in [1.82, 2.24) is 4.31 Å². The maximum Gasteiger partial charge on any atom is 0.243 e. The van der Waals surface area contributed by atoms with Crippen LogP contribution in [0.1, 0.15) is 25.7 Å². The van der Waals surface area contributed by atoms with Crippen molar-refractivity contribution in [3.05, 3.63) is 30.3 Å². The molecule has 0 bridgehead atoms. The molecule has 0 radical (unpaired) electrons. The lowest BCUT2D eigenvalue weighted by Gasteiger charge is -2.32. The molecular weight excluding hydrogens is 248 g/mol. The SMILES string of the molecule is CN(C1CCC(N)CC1)S(=O)(=O)c1ccccc1. The summed E-state index contributed by atoms with van der Waals surface area (Å²) in [6, 6.07) is 8.90. The summed E-state index contributed by atoms with van der Waals surface area (Å²) in [7, 11) is -1.69. The molecule has 0 unspecified atom stereocenters. The molecule has 1 saturated carbocycles. The molecule has 1 aromatic carbocycles. The molecule has 0 heterocycles. The first-order valence-corrected chi connectivity index (χ1v) is 7.74. The average molecular weight is 268 g/mol. The molecule has 1 fully saturated rings. The number of nitrogens with zero attached hydrogens (tertiary/aromatic N) is 1. The van der Waals surface area contributed by atoms with Gasteiger partial charge in [-0.3, -0.25) is 0 Å². The van der Waals surface area contributed by atoms with E-state index in [4.69, 9.17) is 5.73 Å². The van der Waals surface area contributed by atoms with Crippen molar-refractivity contribution in [3.8, 4) is 0 Å². The van der Waals surface area contributed by atoms with Crippen LogP contribution in [-0.4, -0.2) is 31.9 Å². The van der Waals surface area contributed by atoms with Crippen molar-refractivity contribution in [2.24, 2.45) is 5.73 Å². The molecule has 0 spiro atoms. The van der Waals surface area contributed by atoms with Gasteiger partial charge in [-0.25, -0.2) is 8.42 Å². The fourth-order valence-corrected chi connectivity index (χ4v) is 3.86. The molecule has 18 heavy (non-hydrogen) atoms. The second kappa shape index (κ2) is 5.38. The minimum Gasteiger partial charge on any atom is -0.328 e. The van der Waals surface area contributed by atoms with E-state index in [-0.39, 0.29) is 12.1 Å². The van der Waals surface area contributed by atoms with Crippen LogP contribution in [0.4, 0.5) is 0 Å². The standard InChI is InChI=1S/C13H20N2O2S/c1-15(12-9-7-11(14)8-10-12)18(16,17)13-5-3-2-4-6-13/h2-6,11-12H,7-10,14H2,1H3. The lowest BCUT2D eigenvalue weighted by atomic mass is 9.92. The highest BCUT2D eigenvalue weighted by Gasteiger charge is 2.30. The Morgan fingerprint density at radius 2 is 1.67 bits per heavy atom. The summed E-state index contributed by atoms with van der Waals surface area (Å²) < 4.78 is 26.3. The lowest BCUT2D eigenvalue weighted by Crippen LogP contribution is -2.41. The third kappa shape index (κ3) is 2.74. The second-order valence-corrected chi connectivity index (χ2v) is 6.90. The van der Waals surface area contributed by atoms with Crippen LogP contribution in [0.3, 0.4) is 0 Å². The van der Waals surface area contributed by atoms with Gasteiger partial charge < -0.3 is 5.73 Å². The van der Waals surface area contributed by atoms with E-state index < -0.39 is 10.0 Å². The zero-order chi connectivity index (χ0) is 13.2. The Kier molecular flexibility index (Phi) is 4.04. The molecule has 2 rings (SSSR count). The van der Waals surface area contributed by atoms with E-state index in [1.807, 2.05) is 6.07 Å². The molecule has 0 saturated heterocycles. The van der Waals surface area contributed by atoms with E-state index in [2.05, 4.69) is 0 Å². The van der Waals surface area contributed by atoms with Gasteiger partial charge in [0, 0.05) is 19.1 Å². The molecule has 1 aromatic rings. The third-order valence-corrected chi connectivity index (χ3v) is 5.60. The first-order chi connectivity index (χ1) is 8.51. The molecule has 2 N–H and O–H groups in total. The Hall–Kier alpha value is -0.910. The zero-order valence-corrected chi connectivity index (χ0v) is 11.4. The van der Waals surface area contributed by atoms with Gasteiger partial charge in [-0.05, 0) is 37.8 Å². The first-order valence-electron chi connectivity index (χ1n) is 6.30. The Bertz CT molecular complexity index is 479. The van der Waals surface area contributed by atoms with Gasteiger partial charge >= 0.3 is 0 Å². The van der Waals surface area contributed by atoms with E-state index >= 15 is 0 Å². The highest BCUT2D eigenvalue weighted by Crippen LogP contribution is 2.25. The summed E-state index contributed by atoms with van der Waals surface area (Å²) >= 11 is 0. The second-order valence-electron chi connectivity index (χ2n) is 4.90. The molecule has 1 aliphatic carbocycles. The Morgan fingerprint density at radius 1 is 1.11 bits per heavy atom. The molecule has 5 heteroatoms. The number of nitrogens with two attached hydrogens (primary N) is 1. The highest BCUT2D eigenvalue weighted by atomic mass is 32.2. The predicted octanol–water partition coefficient (Wildman–Crippen LogP) is 1.58. The van der Waals surface area contributed by atoms with Crippen LogP contribution in [-0.2, 0) is 10.0 Å². The molecule has 0 amide bonds. The van der Waals surface area contributed by atoms with Crippen molar-refractivity contribution in [3.63, 3.8) is 0 Å². The molecule has 100 valence electrons. The maximum atomic E-state index is 12.4. The Morgan fingerprint density at radius 3 is 2.22 bits per heavy atom. The summed E-state index contributed by atoms with van der Waals surface area (Å²) in [5.41, 5.74) is 5.85. The third-order valence-electron chi connectivity index (χ3n) is 3.68. The minimum absolute atomic E-state index is 0.0787. The Labute approximate surface area is 109 Å². The zero-order valence-electron chi connectivity index (χ0n) is 10.6. The van der Waals surface area contributed by atoms with E-state index in [9.17, 15) is 8.42 Å². The summed E-state index contributed by atoms with van der Waals surface area (Å²) in [6.07, 6.45) is 3.51. The van der Waals surface area contributed by atoms with Crippen LogP contribution in [0.2, 0.25) is 0 Å². The minimum atomic E-state index is -3.36. The van der Waals surface area contributed by atoms with Crippen LogP contribution in [0.15, 0.2) is 35.2 Å². The van der Waals surface area contributed by atoms with E-state index in [0.717, 1.165) is 25.7 Å². The summed E-state index contributed by atoms with van der Waals surface area (Å²) in [4.78, 5) is 0.363. The largest absolute Gasteiger partial charge is 0.328 e. The molecule has 0 atom stereocenters. The monoisotopic (exact) mass is 268 g/mol. The number of benzene rings is 1. The summed E-state index contributed by atoms with van der Waals surface area (Å²) in [6.45, 7) is 0. The van der Waals surface area contributed by atoms with Crippen LogP contribution in [0.25, 0.3) is 0 Å².